The first-order chi connectivity index (χ1) is 14.1. The molecule has 2 aromatic rings. The molecule has 1 heterocycles. The van der Waals surface area contributed by atoms with Crippen LogP contribution in [0.3, 0.4) is 0 Å². The summed E-state index contributed by atoms with van der Waals surface area (Å²) in [6.45, 7) is 3.71. The molecule has 1 atom stereocenters. The number of likely N-dealkylation sites (tertiary alicyclic amines) is 1. The van der Waals surface area contributed by atoms with Gasteiger partial charge in [0, 0.05) is 13.1 Å². The molecule has 0 saturated carbocycles. The highest BCUT2D eigenvalue weighted by atomic mass is 16.5. The lowest BCUT2D eigenvalue weighted by Gasteiger charge is -2.30. The number of rotatable bonds is 7. The molecule has 1 saturated heterocycles. The standard InChI is InChI=1S/C23H27NO5/c1-17-7-6-12-24(14-17)22(25)16-29-23(26)19-10-11-20(21(13-19)27-2)28-15-18-8-4-3-5-9-18/h3-5,8-11,13,17H,6-7,12,14-16H2,1-2H3/t17-/m1/s1. The molecular formula is C23H27NO5. The quantitative estimate of drug-likeness (QED) is 0.667. The Hall–Kier alpha value is -3.02. The van der Waals surface area contributed by atoms with Gasteiger partial charge in [-0.15, -0.1) is 0 Å². The zero-order valence-electron chi connectivity index (χ0n) is 16.9. The fourth-order valence-electron chi connectivity index (χ4n) is 3.37. The molecule has 2 aromatic carbocycles. The summed E-state index contributed by atoms with van der Waals surface area (Å²) in [5.41, 5.74) is 1.34. The summed E-state index contributed by atoms with van der Waals surface area (Å²) in [5.74, 6) is 0.741. The minimum atomic E-state index is -0.559. The van der Waals surface area contributed by atoms with E-state index in [-0.39, 0.29) is 12.5 Å². The van der Waals surface area contributed by atoms with Crippen molar-refractivity contribution in [2.24, 2.45) is 5.92 Å². The van der Waals surface area contributed by atoms with E-state index in [1.54, 1.807) is 23.1 Å². The number of hydrogen-bond acceptors (Lipinski definition) is 5. The first-order valence-corrected chi connectivity index (χ1v) is 9.86. The Balaban J connectivity index is 1.57. The fourth-order valence-corrected chi connectivity index (χ4v) is 3.37. The van der Waals surface area contributed by atoms with E-state index < -0.39 is 5.97 Å². The molecule has 1 aliphatic heterocycles. The van der Waals surface area contributed by atoms with Gasteiger partial charge in [0.2, 0.25) is 0 Å². The SMILES string of the molecule is COc1cc(C(=O)OCC(=O)N2CCC[C@@H](C)C2)ccc1OCc1ccccc1. The van der Waals surface area contributed by atoms with Crippen LogP contribution in [0.5, 0.6) is 11.5 Å². The number of nitrogens with zero attached hydrogens (tertiary/aromatic N) is 1. The maximum Gasteiger partial charge on any atom is 0.338 e. The van der Waals surface area contributed by atoms with E-state index in [0.717, 1.165) is 31.5 Å². The molecule has 1 fully saturated rings. The number of carbonyl (C=O) groups excluding carboxylic acids is 2. The van der Waals surface area contributed by atoms with Gasteiger partial charge in [0.1, 0.15) is 6.61 Å². The maximum absolute atomic E-state index is 12.4. The molecule has 154 valence electrons. The van der Waals surface area contributed by atoms with Crippen molar-refractivity contribution in [1.82, 2.24) is 4.90 Å². The number of ether oxygens (including phenoxy) is 3. The molecule has 0 aromatic heterocycles. The molecule has 0 aliphatic carbocycles. The van der Waals surface area contributed by atoms with Crippen molar-refractivity contribution in [2.45, 2.75) is 26.4 Å². The van der Waals surface area contributed by atoms with Crippen molar-refractivity contribution < 1.29 is 23.8 Å². The van der Waals surface area contributed by atoms with Crippen LogP contribution in [0, 0.1) is 5.92 Å². The van der Waals surface area contributed by atoms with Gasteiger partial charge in [-0.2, -0.15) is 0 Å². The minimum absolute atomic E-state index is 0.153. The average Bonchev–Trinajstić information content (AvgIpc) is 2.76. The lowest BCUT2D eigenvalue weighted by atomic mass is 10.0. The summed E-state index contributed by atoms with van der Waals surface area (Å²) < 4.78 is 16.4. The molecule has 1 amide bonds. The van der Waals surface area contributed by atoms with Gasteiger partial charge >= 0.3 is 5.97 Å². The van der Waals surface area contributed by atoms with Crippen LogP contribution in [-0.4, -0.2) is 43.6 Å². The van der Waals surface area contributed by atoms with Crippen LogP contribution in [-0.2, 0) is 16.1 Å². The van der Waals surface area contributed by atoms with Crippen molar-refractivity contribution in [3.63, 3.8) is 0 Å². The number of carbonyl (C=O) groups is 2. The zero-order valence-corrected chi connectivity index (χ0v) is 16.9. The second-order valence-corrected chi connectivity index (χ2v) is 7.30. The number of hydrogen-bond donors (Lipinski definition) is 0. The third kappa shape index (κ3) is 5.73. The monoisotopic (exact) mass is 397 g/mol. The predicted molar refractivity (Wildman–Crippen MR) is 109 cm³/mol. The fraction of sp³-hybridized carbons (Fsp3) is 0.391. The summed E-state index contributed by atoms with van der Waals surface area (Å²) in [4.78, 5) is 26.4. The van der Waals surface area contributed by atoms with Crippen LogP contribution in [0.4, 0.5) is 0 Å². The Morgan fingerprint density at radius 3 is 2.62 bits per heavy atom. The third-order valence-corrected chi connectivity index (χ3v) is 4.97. The summed E-state index contributed by atoms with van der Waals surface area (Å²) >= 11 is 0. The Bertz CT molecular complexity index is 836. The maximum atomic E-state index is 12.4. The van der Waals surface area contributed by atoms with E-state index in [1.165, 1.54) is 7.11 Å². The molecule has 0 unspecified atom stereocenters. The lowest BCUT2D eigenvalue weighted by Crippen LogP contribution is -2.41. The Morgan fingerprint density at radius 2 is 1.90 bits per heavy atom. The minimum Gasteiger partial charge on any atom is -0.493 e. The number of methoxy groups -OCH3 is 1. The molecule has 0 spiro atoms. The highest BCUT2D eigenvalue weighted by Gasteiger charge is 2.22. The second kappa shape index (κ2) is 9.96. The largest absolute Gasteiger partial charge is 0.493 e. The van der Waals surface area contributed by atoms with Gasteiger partial charge in [0.25, 0.3) is 5.91 Å². The molecule has 6 heteroatoms. The van der Waals surface area contributed by atoms with Gasteiger partial charge in [-0.25, -0.2) is 4.79 Å². The van der Waals surface area contributed by atoms with Crippen LogP contribution in [0.1, 0.15) is 35.7 Å². The first-order valence-electron chi connectivity index (χ1n) is 9.86. The molecule has 3 rings (SSSR count). The van der Waals surface area contributed by atoms with Crippen LogP contribution < -0.4 is 9.47 Å². The molecular weight excluding hydrogens is 370 g/mol. The molecule has 6 nitrogen and oxygen atoms in total. The molecule has 0 radical (unpaired) electrons. The van der Waals surface area contributed by atoms with Gasteiger partial charge < -0.3 is 19.1 Å². The number of amides is 1. The highest BCUT2D eigenvalue weighted by Crippen LogP contribution is 2.29. The molecule has 0 N–H and O–H groups in total. The van der Waals surface area contributed by atoms with Crippen LogP contribution in [0.25, 0.3) is 0 Å². The van der Waals surface area contributed by atoms with Gasteiger partial charge in [-0.05, 0) is 42.5 Å². The highest BCUT2D eigenvalue weighted by molar-refractivity contribution is 5.92. The topological polar surface area (TPSA) is 65.1 Å². The van der Waals surface area contributed by atoms with Crippen molar-refractivity contribution in [1.29, 1.82) is 0 Å². The Kier molecular flexibility index (Phi) is 7.11. The number of esters is 1. The molecule has 1 aliphatic rings. The normalized spacial score (nSPS) is 16.2. The van der Waals surface area contributed by atoms with Gasteiger partial charge in [0.05, 0.1) is 12.7 Å². The number of benzene rings is 2. The number of piperidine rings is 1. The van der Waals surface area contributed by atoms with Crippen molar-refractivity contribution >= 4 is 11.9 Å². The van der Waals surface area contributed by atoms with Gasteiger partial charge in [-0.1, -0.05) is 37.3 Å². The molecule has 0 bridgehead atoms. The van der Waals surface area contributed by atoms with Crippen LogP contribution in [0.15, 0.2) is 48.5 Å². The average molecular weight is 397 g/mol. The van der Waals surface area contributed by atoms with Crippen molar-refractivity contribution in [2.75, 3.05) is 26.8 Å². The van der Waals surface area contributed by atoms with E-state index in [1.807, 2.05) is 30.3 Å². The van der Waals surface area contributed by atoms with E-state index >= 15 is 0 Å². The van der Waals surface area contributed by atoms with E-state index in [9.17, 15) is 9.59 Å². The lowest BCUT2D eigenvalue weighted by molar-refractivity contribution is -0.136. The second-order valence-electron chi connectivity index (χ2n) is 7.30. The van der Waals surface area contributed by atoms with E-state index in [2.05, 4.69) is 6.92 Å². The predicted octanol–water partition coefficient (Wildman–Crippen LogP) is 3.69. The zero-order chi connectivity index (χ0) is 20.6. The van der Waals surface area contributed by atoms with Crippen LogP contribution >= 0.6 is 0 Å². The van der Waals surface area contributed by atoms with Crippen molar-refractivity contribution in [3.05, 3.63) is 59.7 Å². The van der Waals surface area contributed by atoms with Gasteiger partial charge in [0.15, 0.2) is 18.1 Å². The van der Waals surface area contributed by atoms with E-state index in [4.69, 9.17) is 14.2 Å². The van der Waals surface area contributed by atoms with E-state index in [0.29, 0.717) is 29.6 Å². The molecule has 29 heavy (non-hydrogen) atoms. The van der Waals surface area contributed by atoms with Crippen LogP contribution in [0.2, 0.25) is 0 Å². The summed E-state index contributed by atoms with van der Waals surface area (Å²) in [6, 6.07) is 14.6. The summed E-state index contributed by atoms with van der Waals surface area (Å²) in [7, 11) is 1.51. The smallest absolute Gasteiger partial charge is 0.338 e. The Labute approximate surface area is 171 Å². The van der Waals surface area contributed by atoms with Crippen molar-refractivity contribution in [3.8, 4) is 11.5 Å². The first kappa shape index (κ1) is 20.7. The third-order valence-electron chi connectivity index (χ3n) is 4.97. The summed E-state index contributed by atoms with van der Waals surface area (Å²) in [5, 5.41) is 0. The summed E-state index contributed by atoms with van der Waals surface area (Å²) in [6.07, 6.45) is 2.12. The Morgan fingerprint density at radius 1 is 1.10 bits per heavy atom. The van der Waals surface area contributed by atoms with Gasteiger partial charge in [-0.3, -0.25) is 4.79 Å².